The number of carbonyl (C=O) groups is 2. The van der Waals surface area contributed by atoms with Crippen molar-refractivity contribution in [1.82, 2.24) is 4.90 Å². The maximum atomic E-state index is 12.4. The standard InChI is InChI=1S/C14H16ClNO3/c1-9-11(5-2-6-12(9)15)13(17)16-7-3-4-10(8-16)14(18)19/h2,5-6,10H,3-4,7-8H2,1H3,(H,18,19)/t10-/m0/s1. The molecule has 1 aromatic rings. The molecule has 1 atom stereocenters. The van der Waals surface area contributed by atoms with Crippen LogP contribution >= 0.6 is 11.6 Å². The molecule has 102 valence electrons. The first kappa shape index (κ1) is 13.9. The summed E-state index contributed by atoms with van der Waals surface area (Å²) < 4.78 is 0. The van der Waals surface area contributed by atoms with Crippen LogP contribution in [0.1, 0.15) is 28.8 Å². The number of amides is 1. The first-order valence-electron chi connectivity index (χ1n) is 6.28. The molecule has 0 radical (unpaired) electrons. The van der Waals surface area contributed by atoms with Gasteiger partial charge < -0.3 is 10.0 Å². The second-order valence-electron chi connectivity index (χ2n) is 4.84. The average Bonchev–Trinajstić information content (AvgIpc) is 2.41. The summed E-state index contributed by atoms with van der Waals surface area (Å²) in [6.07, 6.45) is 1.36. The summed E-state index contributed by atoms with van der Waals surface area (Å²) in [6, 6.07) is 5.21. The monoisotopic (exact) mass is 281 g/mol. The minimum absolute atomic E-state index is 0.133. The highest BCUT2D eigenvalue weighted by Gasteiger charge is 2.29. The fourth-order valence-electron chi connectivity index (χ4n) is 2.37. The van der Waals surface area contributed by atoms with Gasteiger partial charge in [-0.2, -0.15) is 0 Å². The zero-order chi connectivity index (χ0) is 14.0. The summed E-state index contributed by atoms with van der Waals surface area (Å²) in [5.41, 5.74) is 1.30. The van der Waals surface area contributed by atoms with E-state index < -0.39 is 11.9 Å². The first-order chi connectivity index (χ1) is 9.00. The molecule has 4 nitrogen and oxygen atoms in total. The van der Waals surface area contributed by atoms with Gasteiger partial charge in [0.2, 0.25) is 0 Å². The molecule has 1 amide bonds. The summed E-state index contributed by atoms with van der Waals surface area (Å²) in [4.78, 5) is 25.0. The van der Waals surface area contributed by atoms with Crippen molar-refractivity contribution in [2.24, 2.45) is 5.92 Å². The Morgan fingerprint density at radius 2 is 2.16 bits per heavy atom. The smallest absolute Gasteiger partial charge is 0.308 e. The zero-order valence-electron chi connectivity index (χ0n) is 10.7. The molecule has 5 heteroatoms. The van der Waals surface area contributed by atoms with Gasteiger partial charge in [-0.1, -0.05) is 17.7 Å². The van der Waals surface area contributed by atoms with Gasteiger partial charge in [0.25, 0.3) is 5.91 Å². The largest absolute Gasteiger partial charge is 0.481 e. The first-order valence-corrected chi connectivity index (χ1v) is 6.65. The van der Waals surface area contributed by atoms with Crippen LogP contribution in [0.2, 0.25) is 5.02 Å². The number of hydrogen-bond acceptors (Lipinski definition) is 2. The second kappa shape index (κ2) is 5.61. The third-order valence-electron chi connectivity index (χ3n) is 3.56. The summed E-state index contributed by atoms with van der Waals surface area (Å²) in [6.45, 7) is 2.68. The summed E-state index contributed by atoms with van der Waals surface area (Å²) in [7, 11) is 0. The number of piperidine rings is 1. The molecular formula is C14H16ClNO3. The Morgan fingerprint density at radius 3 is 2.84 bits per heavy atom. The minimum Gasteiger partial charge on any atom is -0.481 e. The van der Waals surface area contributed by atoms with Gasteiger partial charge in [0, 0.05) is 23.7 Å². The Labute approximate surface area is 117 Å². The Morgan fingerprint density at radius 1 is 1.42 bits per heavy atom. The average molecular weight is 282 g/mol. The SMILES string of the molecule is Cc1c(Cl)cccc1C(=O)N1CCC[C@H](C(=O)O)C1. The third kappa shape index (κ3) is 2.89. The summed E-state index contributed by atoms with van der Waals surface area (Å²) >= 11 is 6.01. The van der Waals surface area contributed by atoms with Crippen LogP contribution in [0.5, 0.6) is 0 Å². The van der Waals surface area contributed by atoms with Crippen molar-refractivity contribution < 1.29 is 14.7 Å². The molecule has 1 aromatic carbocycles. The summed E-state index contributed by atoms with van der Waals surface area (Å²) in [5, 5.41) is 9.60. The van der Waals surface area contributed by atoms with E-state index in [2.05, 4.69) is 0 Å². The van der Waals surface area contributed by atoms with Crippen LogP contribution in [0.15, 0.2) is 18.2 Å². The second-order valence-corrected chi connectivity index (χ2v) is 5.25. The van der Waals surface area contributed by atoms with Gasteiger partial charge >= 0.3 is 5.97 Å². The highest BCUT2D eigenvalue weighted by molar-refractivity contribution is 6.31. The lowest BCUT2D eigenvalue weighted by atomic mass is 9.97. The van der Waals surface area contributed by atoms with Crippen LogP contribution in [0.25, 0.3) is 0 Å². The molecule has 1 N–H and O–H groups in total. The van der Waals surface area contributed by atoms with Crippen molar-refractivity contribution in [1.29, 1.82) is 0 Å². The van der Waals surface area contributed by atoms with E-state index in [9.17, 15) is 9.59 Å². The molecule has 0 aliphatic carbocycles. The van der Waals surface area contributed by atoms with E-state index in [1.165, 1.54) is 0 Å². The fourth-order valence-corrected chi connectivity index (χ4v) is 2.55. The number of carboxylic acids is 1. The van der Waals surface area contributed by atoms with Gasteiger partial charge in [0.15, 0.2) is 0 Å². The molecule has 1 aliphatic rings. The lowest BCUT2D eigenvalue weighted by Gasteiger charge is -2.31. The number of rotatable bonds is 2. The Kier molecular flexibility index (Phi) is 4.10. The lowest BCUT2D eigenvalue weighted by molar-refractivity contribution is -0.143. The van der Waals surface area contributed by atoms with Gasteiger partial charge in [-0.05, 0) is 37.5 Å². The number of carboxylic acid groups (broad SMARTS) is 1. The van der Waals surface area contributed by atoms with E-state index in [0.717, 1.165) is 12.0 Å². The molecule has 0 bridgehead atoms. The lowest BCUT2D eigenvalue weighted by Crippen LogP contribution is -2.42. The zero-order valence-corrected chi connectivity index (χ0v) is 11.5. The minimum atomic E-state index is -0.833. The number of benzene rings is 1. The van der Waals surface area contributed by atoms with Crippen LogP contribution in [0.4, 0.5) is 0 Å². The van der Waals surface area contributed by atoms with Crippen LogP contribution in [0.3, 0.4) is 0 Å². The number of carbonyl (C=O) groups excluding carboxylic acids is 1. The molecule has 1 fully saturated rings. The Bertz CT molecular complexity index is 515. The highest BCUT2D eigenvalue weighted by Crippen LogP contribution is 2.23. The van der Waals surface area contributed by atoms with Crippen LogP contribution < -0.4 is 0 Å². The van der Waals surface area contributed by atoms with Crippen molar-refractivity contribution >= 4 is 23.5 Å². The molecule has 2 rings (SSSR count). The fraction of sp³-hybridized carbons (Fsp3) is 0.429. The molecule has 1 aliphatic heterocycles. The topological polar surface area (TPSA) is 57.6 Å². The van der Waals surface area contributed by atoms with Crippen LogP contribution in [-0.4, -0.2) is 35.0 Å². The highest BCUT2D eigenvalue weighted by atomic mass is 35.5. The molecular weight excluding hydrogens is 266 g/mol. The molecule has 0 saturated carbocycles. The van der Waals surface area contributed by atoms with Crippen molar-refractivity contribution in [2.75, 3.05) is 13.1 Å². The van der Waals surface area contributed by atoms with E-state index in [-0.39, 0.29) is 12.5 Å². The van der Waals surface area contributed by atoms with Crippen molar-refractivity contribution in [3.05, 3.63) is 34.3 Å². The van der Waals surface area contributed by atoms with Crippen LogP contribution in [-0.2, 0) is 4.79 Å². The predicted molar refractivity (Wildman–Crippen MR) is 72.5 cm³/mol. The van der Waals surface area contributed by atoms with E-state index in [0.29, 0.717) is 23.6 Å². The molecule has 0 aromatic heterocycles. The van der Waals surface area contributed by atoms with Crippen molar-refractivity contribution in [3.63, 3.8) is 0 Å². The van der Waals surface area contributed by atoms with Gasteiger partial charge in [0.05, 0.1) is 5.92 Å². The van der Waals surface area contributed by atoms with E-state index in [4.69, 9.17) is 16.7 Å². The third-order valence-corrected chi connectivity index (χ3v) is 3.97. The Hall–Kier alpha value is -1.55. The normalized spacial score (nSPS) is 19.3. The van der Waals surface area contributed by atoms with Crippen molar-refractivity contribution in [2.45, 2.75) is 19.8 Å². The van der Waals surface area contributed by atoms with Gasteiger partial charge in [0.1, 0.15) is 0 Å². The maximum absolute atomic E-state index is 12.4. The molecule has 19 heavy (non-hydrogen) atoms. The van der Waals surface area contributed by atoms with Crippen molar-refractivity contribution in [3.8, 4) is 0 Å². The van der Waals surface area contributed by atoms with E-state index in [1.807, 2.05) is 0 Å². The maximum Gasteiger partial charge on any atom is 0.308 e. The molecule has 0 spiro atoms. The molecule has 0 unspecified atom stereocenters. The van der Waals surface area contributed by atoms with E-state index in [1.54, 1.807) is 30.0 Å². The predicted octanol–water partition coefficient (Wildman–Crippen LogP) is 2.59. The summed E-state index contributed by atoms with van der Waals surface area (Å²) in [5.74, 6) is -1.43. The number of aliphatic carboxylic acids is 1. The molecule has 1 heterocycles. The van der Waals surface area contributed by atoms with Gasteiger partial charge in [-0.25, -0.2) is 0 Å². The van der Waals surface area contributed by atoms with E-state index >= 15 is 0 Å². The van der Waals surface area contributed by atoms with Gasteiger partial charge in [-0.15, -0.1) is 0 Å². The number of hydrogen-bond donors (Lipinski definition) is 1. The number of nitrogens with zero attached hydrogens (tertiary/aromatic N) is 1. The molecule has 1 saturated heterocycles. The number of likely N-dealkylation sites (tertiary alicyclic amines) is 1. The quantitative estimate of drug-likeness (QED) is 0.906. The van der Waals surface area contributed by atoms with Crippen LogP contribution in [0, 0.1) is 12.8 Å². The Balaban J connectivity index is 2.19. The number of halogens is 1. The van der Waals surface area contributed by atoms with Gasteiger partial charge in [-0.3, -0.25) is 9.59 Å².